The molecule has 1 unspecified atom stereocenters. The standard InChI is InChI=1S/C8H12F2N2O2/c1-2-12-4-7(13)11-5(8(12)14)3-6(9)10/h5-6H,2-4H2,1H3,(H,11,13). The molecule has 0 radical (unpaired) electrons. The first-order chi connectivity index (χ1) is 6.54. The predicted octanol–water partition coefficient (Wildman–Crippen LogP) is -0.0115. The smallest absolute Gasteiger partial charge is 0.245 e. The van der Waals surface area contributed by atoms with Gasteiger partial charge >= 0.3 is 0 Å². The third kappa shape index (κ3) is 2.40. The molecule has 80 valence electrons. The summed E-state index contributed by atoms with van der Waals surface area (Å²) < 4.78 is 24.1. The minimum Gasteiger partial charge on any atom is -0.343 e. The lowest BCUT2D eigenvalue weighted by molar-refractivity contribution is -0.145. The van der Waals surface area contributed by atoms with Gasteiger partial charge in [0.25, 0.3) is 0 Å². The maximum absolute atomic E-state index is 12.0. The number of rotatable bonds is 3. The zero-order chi connectivity index (χ0) is 10.7. The number of carbonyl (C=O) groups is 2. The van der Waals surface area contributed by atoms with Gasteiger partial charge < -0.3 is 10.2 Å². The number of alkyl halides is 2. The van der Waals surface area contributed by atoms with E-state index in [9.17, 15) is 18.4 Å². The van der Waals surface area contributed by atoms with Crippen LogP contribution in [0.15, 0.2) is 0 Å². The maximum atomic E-state index is 12.0. The normalized spacial score (nSPS) is 22.9. The van der Waals surface area contributed by atoms with Gasteiger partial charge in [-0.15, -0.1) is 0 Å². The number of hydrogen-bond donors (Lipinski definition) is 1. The number of piperazine rings is 1. The Kier molecular flexibility index (Phi) is 3.38. The van der Waals surface area contributed by atoms with Crippen LogP contribution in [0.4, 0.5) is 8.78 Å². The van der Waals surface area contributed by atoms with E-state index in [1.165, 1.54) is 4.90 Å². The van der Waals surface area contributed by atoms with E-state index in [0.29, 0.717) is 6.54 Å². The highest BCUT2D eigenvalue weighted by Crippen LogP contribution is 2.10. The predicted molar refractivity (Wildman–Crippen MR) is 44.8 cm³/mol. The second-order valence-corrected chi connectivity index (χ2v) is 3.10. The fraction of sp³-hybridized carbons (Fsp3) is 0.750. The van der Waals surface area contributed by atoms with E-state index in [0.717, 1.165) is 0 Å². The van der Waals surface area contributed by atoms with Gasteiger partial charge in [0.15, 0.2) is 0 Å². The summed E-state index contributed by atoms with van der Waals surface area (Å²) >= 11 is 0. The molecule has 0 saturated carbocycles. The molecule has 6 heteroatoms. The Morgan fingerprint density at radius 1 is 1.57 bits per heavy atom. The van der Waals surface area contributed by atoms with Crippen LogP contribution in [0.3, 0.4) is 0 Å². The number of hydrogen-bond acceptors (Lipinski definition) is 2. The van der Waals surface area contributed by atoms with Crippen LogP contribution in [0.5, 0.6) is 0 Å². The Bertz CT molecular complexity index is 245. The molecule has 1 atom stereocenters. The van der Waals surface area contributed by atoms with E-state index in [2.05, 4.69) is 5.32 Å². The van der Waals surface area contributed by atoms with E-state index in [1.807, 2.05) is 0 Å². The van der Waals surface area contributed by atoms with Crippen molar-refractivity contribution < 1.29 is 18.4 Å². The van der Waals surface area contributed by atoms with E-state index in [1.54, 1.807) is 6.92 Å². The van der Waals surface area contributed by atoms with Gasteiger partial charge in [0.2, 0.25) is 18.2 Å². The SMILES string of the molecule is CCN1CC(=O)NC(CC(F)F)C1=O. The quantitative estimate of drug-likeness (QED) is 0.706. The van der Waals surface area contributed by atoms with Crippen LogP contribution in [-0.4, -0.2) is 42.3 Å². The second kappa shape index (κ2) is 4.34. The fourth-order valence-corrected chi connectivity index (χ4v) is 1.38. The molecule has 1 aliphatic heterocycles. The van der Waals surface area contributed by atoms with Gasteiger partial charge in [0, 0.05) is 13.0 Å². The highest BCUT2D eigenvalue weighted by atomic mass is 19.3. The molecule has 1 N–H and O–H groups in total. The number of nitrogens with one attached hydrogen (secondary N) is 1. The van der Waals surface area contributed by atoms with Gasteiger partial charge in [-0.1, -0.05) is 0 Å². The first-order valence-corrected chi connectivity index (χ1v) is 4.41. The van der Waals surface area contributed by atoms with Crippen molar-refractivity contribution >= 4 is 11.8 Å². The lowest BCUT2D eigenvalue weighted by Gasteiger charge is -2.31. The molecule has 1 aliphatic rings. The highest BCUT2D eigenvalue weighted by Gasteiger charge is 2.33. The van der Waals surface area contributed by atoms with Crippen LogP contribution < -0.4 is 5.32 Å². The summed E-state index contributed by atoms with van der Waals surface area (Å²) in [6.07, 6.45) is -3.19. The molecule has 0 spiro atoms. The summed E-state index contributed by atoms with van der Waals surface area (Å²) in [6.45, 7) is 2.04. The van der Waals surface area contributed by atoms with Crippen molar-refractivity contribution in [3.63, 3.8) is 0 Å². The minimum absolute atomic E-state index is 0.0327. The topological polar surface area (TPSA) is 49.4 Å². The van der Waals surface area contributed by atoms with Crippen molar-refractivity contribution in [2.75, 3.05) is 13.1 Å². The second-order valence-electron chi connectivity index (χ2n) is 3.10. The molecule has 0 aromatic rings. The molecule has 4 nitrogen and oxygen atoms in total. The van der Waals surface area contributed by atoms with Crippen LogP contribution in [0, 0.1) is 0 Å². The van der Waals surface area contributed by atoms with Gasteiger partial charge in [0.05, 0.1) is 6.54 Å². The summed E-state index contributed by atoms with van der Waals surface area (Å²) in [6, 6.07) is -1.06. The van der Waals surface area contributed by atoms with Gasteiger partial charge in [-0.2, -0.15) is 0 Å². The van der Waals surface area contributed by atoms with Crippen LogP contribution in [0.2, 0.25) is 0 Å². The Morgan fingerprint density at radius 2 is 2.21 bits per heavy atom. The molecule has 0 bridgehead atoms. The van der Waals surface area contributed by atoms with Crippen molar-refractivity contribution in [2.45, 2.75) is 25.8 Å². The number of likely N-dealkylation sites (N-methyl/N-ethyl adjacent to an activating group) is 1. The van der Waals surface area contributed by atoms with Crippen molar-refractivity contribution in [3.05, 3.63) is 0 Å². The summed E-state index contributed by atoms with van der Waals surface area (Å²) in [7, 11) is 0. The third-order valence-electron chi connectivity index (χ3n) is 2.08. The molecule has 1 heterocycles. The molecular formula is C8H12F2N2O2. The van der Waals surface area contributed by atoms with Crippen molar-refractivity contribution in [1.82, 2.24) is 10.2 Å². The van der Waals surface area contributed by atoms with Crippen LogP contribution in [0.25, 0.3) is 0 Å². The largest absolute Gasteiger partial charge is 0.343 e. The maximum Gasteiger partial charge on any atom is 0.245 e. The van der Waals surface area contributed by atoms with Gasteiger partial charge in [-0.3, -0.25) is 9.59 Å². The minimum atomic E-state index is -2.58. The average Bonchev–Trinajstić information content (AvgIpc) is 2.09. The van der Waals surface area contributed by atoms with Crippen LogP contribution in [0.1, 0.15) is 13.3 Å². The molecule has 14 heavy (non-hydrogen) atoms. The summed E-state index contributed by atoms with van der Waals surface area (Å²) in [5.41, 5.74) is 0. The molecule has 1 fully saturated rings. The Morgan fingerprint density at radius 3 is 2.71 bits per heavy atom. The van der Waals surface area contributed by atoms with Crippen molar-refractivity contribution in [3.8, 4) is 0 Å². The highest BCUT2D eigenvalue weighted by molar-refractivity contribution is 5.94. The van der Waals surface area contributed by atoms with E-state index in [-0.39, 0.29) is 12.5 Å². The molecule has 1 rings (SSSR count). The zero-order valence-electron chi connectivity index (χ0n) is 7.80. The number of carbonyl (C=O) groups excluding carboxylic acids is 2. The summed E-state index contributed by atoms with van der Waals surface area (Å²) in [5.74, 6) is -0.801. The van der Waals surface area contributed by atoms with Gasteiger partial charge in [0.1, 0.15) is 6.04 Å². The molecule has 1 saturated heterocycles. The van der Waals surface area contributed by atoms with Crippen molar-refractivity contribution in [1.29, 1.82) is 0 Å². The molecule has 0 aromatic heterocycles. The Hall–Kier alpha value is -1.20. The van der Waals surface area contributed by atoms with Crippen molar-refractivity contribution in [2.24, 2.45) is 0 Å². The number of halogens is 2. The summed E-state index contributed by atoms with van der Waals surface area (Å²) in [5, 5.41) is 2.25. The molecule has 0 aromatic carbocycles. The third-order valence-corrected chi connectivity index (χ3v) is 2.08. The lowest BCUT2D eigenvalue weighted by Crippen LogP contribution is -2.58. The molecular weight excluding hydrogens is 194 g/mol. The average molecular weight is 206 g/mol. The Balaban J connectivity index is 2.65. The fourth-order valence-electron chi connectivity index (χ4n) is 1.38. The van der Waals surface area contributed by atoms with E-state index in [4.69, 9.17) is 0 Å². The Labute approximate surface area is 80.3 Å². The first-order valence-electron chi connectivity index (χ1n) is 4.41. The molecule has 0 aliphatic carbocycles. The lowest BCUT2D eigenvalue weighted by atomic mass is 10.1. The number of nitrogens with zero attached hydrogens (tertiary/aromatic N) is 1. The zero-order valence-corrected chi connectivity index (χ0v) is 7.80. The van der Waals surface area contributed by atoms with E-state index >= 15 is 0 Å². The monoisotopic (exact) mass is 206 g/mol. The summed E-state index contributed by atoms with van der Waals surface area (Å²) in [4.78, 5) is 23.7. The first kappa shape index (κ1) is 10.9. The van der Waals surface area contributed by atoms with Gasteiger partial charge in [-0.05, 0) is 6.92 Å². The molecule has 2 amide bonds. The van der Waals surface area contributed by atoms with Crippen LogP contribution >= 0.6 is 0 Å². The number of amides is 2. The van der Waals surface area contributed by atoms with Gasteiger partial charge in [-0.25, -0.2) is 8.78 Å². The van der Waals surface area contributed by atoms with E-state index < -0.39 is 24.8 Å². The van der Waals surface area contributed by atoms with Crippen LogP contribution in [-0.2, 0) is 9.59 Å².